The third kappa shape index (κ3) is 4.69. The molecule has 0 saturated heterocycles. The molecule has 1 atom stereocenters. The fourth-order valence-electron chi connectivity index (χ4n) is 2.33. The van der Waals surface area contributed by atoms with Gasteiger partial charge < -0.3 is 19.7 Å². The number of amides is 1. The molecule has 0 saturated carbocycles. The number of rotatable bonds is 7. The van der Waals surface area contributed by atoms with Crippen molar-refractivity contribution >= 4 is 17.7 Å². The number of aliphatic carboxylic acids is 1. The first kappa shape index (κ1) is 18.3. The Balaban J connectivity index is 2.03. The molecular weight excluding hydrogens is 324 g/mol. The smallest absolute Gasteiger partial charge is 0.341 e. The van der Waals surface area contributed by atoms with E-state index in [9.17, 15) is 14.4 Å². The summed E-state index contributed by atoms with van der Waals surface area (Å²) in [6.07, 6.45) is 1.62. The Bertz CT molecular complexity index is 792. The van der Waals surface area contributed by atoms with Crippen molar-refractivity contribution in [1.29, 1.82) is 0 Å². The van der Waals surface area contributed by atoms with Crippen LogP contribution in [0.2, 0.25) is 0 Å². The van der Waals surface area contributed by atoms with E-state index >= 15 is 0 Å². The van der Waals surface area contributed by atoms with E-state index in [2.05, 4.69) is 5.32 Å². The number of aromatic nitrogens is 1. The van der Waals surface area contributed by atoms with Gasteiger partial charge in [-0.15, -0.1) is 0 Å². The second-order valence-electron chi connectivity index (χ2n) is 5.73. The van der Waals surface area contributed by atoms with Crippen LogP contribution in [0.1, 0.15) is 46.3 Å². The van der Waals surface area contributed by atoms with Gasteiger partial charge in [0.1, 0.15) is 11.4 Å². The van der Waals surface area contributed by atoms with E-state index < -0.39 is 12.6 Å². The van der Waals surface area contributed by atoms with Gasteiger partial charge in [-0.05, 0) is 37.6 Å². The number of benzene rings is 1. The molecule has 2 aromatic rings. The van der Waals surface area contributed by atoms with Crippen LogP contribution in [0.5, 0.6) is 5.75 Å². The van der Waals surface area contributed by atoms with E-state index in [0.717, 1.165) is 5.56 Å². The number of Topliss-reactive ketones (excluding diaryl/α,β-unsaturated/α-hetero) is 1. The van der Waals surface area contributed by atoms with Crippen LogP contribution in [0.15, 0.2) is 36.5 Å². The van der Waals surface area contributed by atoms with Crippen LogP contribution in [0.25, 0.3) is 0 Å². The number of nitrogens with zero attached hydrogens (tertiary/aromatic N) is 1. The normalized spacial score (nSPS) is 11.6. The molecule has 0 fully saturated rings. The first-order valence-electron chi connectivity index (χ1n) is 7.70. The van der Waals surface area contributed by atoms with Crippen molar-refractivity contribution in [3.05, 3.63) is 53.3 Å². The van der Waals surface area contributed by atoms with Gasteiger partial charge in [-0.1, -0.05) is 12.1 Å². The molecule has 132 valence electrons. The number of carboxylic acids is 1. The van der Waals surface area contributed by atoms with E-state index in [1.807, 2.05) is 6.92 Å². The summed E-state index contributed by atoms with van der Waals surface area (Å²) >= 11 is 0. The maximum atomic E-state index is 12.4. The summed E-state index contributed by atoms with van der Waals surface area (Å²) in [5.74, 6) is -0.983. The van der Waals surface area contributed by atoms with Gasteiger partial charge in [-0.2, -0.15) is 0 Å². The first-order chi connectivity index (χ1) is 11.8. The number of carboxylic acid groups (broad SMARTS) is 1. The third-order valence-corrected chi connectivity index (χ3v) is 3.73. The molecule has 1 unspecified atom stereocenters. The van der Waals surface area contributed by atoms with Crippen LogP contribution in [0.4, 0.5) is 0 Å². The molecule has 0 aliphatic heterocycles. The summed E-state index contributed by atoms with van der Waals surface area (Å²) in [6, 6.07) is 8.11. The van der Waals surface area contributed by atoms with Crippen molar-refractivity contribution in [3.8, 4) is 5.75 Å². The van der Waals surface area contributed by atoms with Gasteiger partial charge in [-0.25, -0.2) is 4.79 Å². The summed E-state index contributed by atoms with van der Waals surface area (Å²) in [5, 5.41) is 11.5. The molecular formula is C18H20N2O5. The molecule has 1 heterocycles. The minimum absolute atomic E-state index is 0.0975. The number of hydrogen-bond donors (Lipinski definition) is 2. The van der Waals surface area contributed by atoms with Crippen LogP contribution >= 0.6 is 0 Å². The van der Waals surface area contributed by atoms with E-state index in [1.54, 1.807) is 48.1 Å². The number of ether oxygens (including phenoxy) is 1. The molecule has 2 rings (SSSR count). The van der Waals surface area contributed by atoms with Crippen LogP contribution in [0.3, 0.4) is 0 Å². The summed E-state index contributed by atoms with van der Waals surface area (Å²) in [5.41, 5.74) is 1.73. The second kappa shape index (κ2) is 7.65. The zero-order chi connectivity index (χ0) is 18.6. The molecule has 25 heavy (non-hydrogen) atoms. The molecule has 0 aliphatic rings. The molecule has 2 N–H and O–H groups in total. The van der Waals surface area contributed by atoms with Gasteiger partial charge >= 0.3 is 5.97 Å². The number of carbonyl (C=O) groups is 3. The first-order valence-corrected chi connectivity index (χ1v) is 7.70. The van der Waals surface area contributed by atoms with Gasteiger partial charge in [0.2, 0.25) is 0 Å². The maximum Gasteiger partial charge on any atom is 0.341 e. The van der Waals surface area contributed by atoms with Gasteiger partial charge in [0, 0.05) is 18.8 Å². The van der Waals surface area contributed by atoms with Crippen molar-refractivity contribution < 1.29 is 24.2 Å². The van der Waals surface area contributed by atoms with Crippen molar-refractivity contribution in [2.45, 2.75) is 19.9 Å². The standard InChI is InChI=1S/C18H20N2O5/c1-11(13-4-6-15(7-5-13)25-10-17(22)23)19-18(24)16-8-14(12(2)21)9-20(16)3/h4-9,11H,10H2,1-3H3,(H,19,24)(H,22,23). The predicted octanol–water partition coefficient (Wildman–Crippen LogP) is 2.18. The van der Waals surface area contributed by atoms with Gasteiger partial charge in [0.25, 0.3) is 5.91 Å². The Hall–Kier alpha value is -3.09. The molecule has 0 radical (unpaired) electrons. The summed E-state index contributed by atoms with van der Waals surface area (Å²) in [6.45, 7) is 2.88. The molecule has 0 aliphatic carbocycles. The maximum absolute atomic E-state index is 12.4. The minimum Gasteiger partial charge on any atom is -0.482 e. The van der Waals surface area contributed by atoms with Crippen LogP contribution in [-0.4, -0.2) is 33.9 Å². The lowest BCUT2D eigenvalue weighted by Gasteiger charge is -2.15. The van der Waals surface area contributed by atoms with Crippen LogP contribution in [-0.2, 0) is 11.8 Å². The number of aryl methyl sites for hydroxylation is 1. The Labute approximate surface area is 145 Å². The molecule has 0 spiro atoms. The lowest BCUT2D eigenvalue weighted by molar-refractivity contribution is -0.139. The highest BCUT2D eigenvalue weighted by molar-refractivity contribution is 5.99. The van der Waals surface area contributed by atoms with Gasteiger partial charge in [0.15, 0.2) is 12.4 Å². The lowest BCUT2D eigenvalue weighted by atomic mass is 10.1. The zero-order valence-electron chi connectivity index (χ0n) is 14.3. The quantitative estimate of drug-likeness (QED) is 0.750. The van der Waals surface area contributed by atoms with E-state index in [4.69, 9.17) is 9.84 Å². The van der Waals surface area contributed by atoms with Gasteiger partial charge in [0.05, 0.1) is 6.04 Å². The van der Waals surface area contributed by atoms with E-state index in [1.165, 1.54) is 6.92 Å². The average Bonchev–Trinajstić information content (AvgIpc) is 2.95. The van der Waals surface area contributed by atoms with Crippen LogP contribution < -0.4 is 10.1 Å². The number of carbonyl (C=O) groups excluding carboxylic acids is 2. The topological polar surface area (TPSA) is 97.6 Å². The van der Waals surface area contributed by atoms with Crippen molar-refractivity contribution in [3.63, 3.8) is 0 Å². The Morgan fingerprint density at radius 3 is 2.40 bits per heavy atom. The highest BCUT2D eigenvalue weighted by Crippen LogP contribution is 2.18. The fraction of sp³-hybridized carbons (Fsp3) is 0.278. The van der Waals surface area contributed by atoms with E-state index in [0.29, 0.717) is 17.0 Å². The Morgan fingerprint density at radius 1 is 1.24 bits per heavy atom. The van der Waals surface area contributed by atoms with Crippen molar-refractivity contribution in [2.75, 3.05) is 6.61 Å². The predicted molar refractivity (Wildman–Crippen MR) is 90.9 cm³/mol. The summed E-state index contributed by atoms with van der Waals surface area (Å²) in [4.78, 5) is 34.3. The molecule has 0 bridgehead atoms. The number of nitrogens with one attached hydrogen (secondary N) is 1. The second-order valence-corrected chi connectivity index (χ2v) is 5.73. The summed E-state index contributed by atoms with van der Waals surface area (Å²) in [7, 11) is 1.71. The monoisotopic (exact) mass is 344 g/mol. The third-order valence-electron chi connectivity index (χ3n) is 3.73. The highest BCUT2D eigenvalue weighted by Gasteiger charge is 2.16. The molecule has 7 heteroatoms. The molecule has 7 nitrogen and oxygen atoms in total. The lowest BCUT2D eigenvalue weighted by Crippen LogP contribution is -2.28. The molecule has 1 amide bonds. The molecule has 1 aromatic heterocycles. The van der Waals surface area contributed by atoms with Crippen molar-refractivity contribution in [1.82, 2.24) is 9.88 Å². The zero-order valence-corrected chi connectivity index (χ0v) is 14.3. The Morgan fingerprint density at radius 2 is 1.88 bits per heavy atom. The van der Waals surface area contributed by atoms with E-state index in [-0.39, 0.29) is 17.7 Å². The fourth-order valence-corrected chi connectivity index (χ4v) is 2.33. The SMILES string of the molecule is CC(=O)c1cc(C(=O)NC(C)c2ccc(OCC(=O)O)cc2)n(C)c1. The van der Waals surface area contributed by atoms with Crippen LogP contribution in [0, 0.1) is 0 Å². The largest absolute Gasteiger partial charge is 0.482 e. The van der Waals surface area contributed by atoms with Gasteiger partial charge in [-0.3, -0.25) is 9.59 Å². The highest BCUT2D eigenvalue weighted by atomic mass is 16.5. The average molecular weight is 344 g/mol. The van der Waals surface area contributed by atoms with Crippen molar-refractivity contribution in [2.24, 2.45) is 7.05 Å². The Kier molecular flexibility index (Phi) is 5.59. The number of hydrogen-bond acceptors (Lipinski definition) is 4. The minimum atomic E-state index is -1.04. The summed E-state index contributed by atoms with van der Waals surface area (Å²) < 4.78 is 6.68. The molecule has 1 aromatic carbocycles. The number of ketones is 1.